The molecule has 0 saturated heterocycles. The van der Waals surface area contributed by atoms with Crippen molar-refractivity contribution < 1.29 is 4.42 Å². The van der Waals surface area contributed by atoms with Gasteiger partial charge in [-0.05, 0) is 43.9 Å². The largest absolute Gasteiger partial charge is 0.468 e. The van der Waals surface area contributed by atoms with Crippen LogP contribution in [0.4, 0.5) is 0 Å². The second kappa shape index (κ2) is 5.01. The molecular weight excluding hydrogens is 174 g/mol. The molecule has 1 aromatic rings. The Morgan fingerprint density at radius 1 is 1.43 bits per heavy atom. The fourth-order valence-electron chi connectivity index (χ4n) is 1.85. The normalized spacial score (nSPS) is 21.3. The van der Waals surface area contributed by atoms with Crippen molar-refractivity contribution in [3.8, 4) is 0 Å². The van der Waals surface area contributed by atoms with E-state index in [2.05, 4.69) is 17.5 Å². The lowest BCUT2D eigenvalue weighted by atomic mass is 9.94. The zero-order valence-corrected chi connectivity index (χ0v) is 8.41. The smallest absolute Gasteiger partial charge is 0.117 e. The Kier molecular flexibility index (Phi) is 3.41. The fraction of sp³-hybridized carbons (Fsp3) is 0.500. The Labute approximate surface area is 85.0 Å². The Balaban J connectivity index is 1.65. The zero-order valence-electron chi connectivity index (χ0n) is 8.41. The number of nitrogens with one attached hydrogen (secondary N) is 1. The van der Waals surface area contributed by atoms with Crippen molar-refractivity contribution in [2.75, 3.05) is 6.54 Å². The van der Waals surface area contributed by atoms with Gasteiger partial charge < -0.3 is 9.73 Å². The van der Waals surface area contributed by atoms with E-state index in [0.717, 1.165) is 24.8 Å². The van der Waals surface area contributed by atoms with Gasteiger partial charge in [0.05, 0.1) is 12.8 Å². The average molecular weight is 191 g/mol. The van der Waals surface area contributed by atoms with Crippen molar-refractivity contribution in [2.45, 2.75) is 25.8 Å². The molecule has 76 valence electrons. The van der Waals surface area contributed by atoms with Crippen LogP contribution in [0, 0.1) is 5.92 Å². The molecule has 1 aromatic heterocycles. The van der Waals surface area contributed by atoms with Crippen molar-refractivity contribution in [3.05, 3.63) is 36.3 Å². The van der Waals surface area contributed by atoms with Crippen LogP contribution in [-0.4, -0.2) is 6.54 Å². The highest BCUT2D eigenvalue weighted by Crippen LogP contribution is 2.16. The predicted molar refractivity (Wildman–Crippen MR) is 56.9 cm³/mol. The molecule has 0 aliphatic heterocycles. The van der Waals surface area contributed by atoms with E-state index in [1.165, 1.54) is 19.3 Å². The van der Waals surface area contributed by atoms with Crippen LogP contribution < -0.4 is 5.32 Å². The molecule has 1 heterocycles. The molecule has 2 rings (SSSR count). The summed E-state index contributed by atoms with van der Waals surface area (Å²) < 4.78 is 5.25. The monoisotopic (exact) mass is 191 g/mol. The summed E-state index contributed by atoms with van der Waals surface area (Å²) in [6.07, 6.45) is 10.1. The van der Waals surface area contributed by atoms with Crippen LogP contribution in [-0.2, 0) is 6.54 Å². The van der Waals surface area contributed by atoms with Gasteiger partial charge in [-0.1, -0.05) is 12.2 Å². The molecule has 0 saturated carbocycles. The molecule has 2 nitrogen and oxygen atoms in total. The Morgan fingerprint density at radius 3 is 3.14 bits per heavy atom. The topological polar surface area (TPSA) is 25.2 Å². The summed E-state index contributed by atoms with van der Waals surface area (Å²) in [7, 11) is 0. The SMILES string of the molecule is C1=CC[C@@H](CNCc2ccco2)CC1. The molecule has 0 radical (unpaired) electrons. The van der Waals surface area contributed by atoms with Gasteiger partial charge in [0, 0.05) is 0 Å². The maximum absolute atomic E-state index is 5.25. The van der Waals surface area contributed by atoms with Crippen LogP contribution >= 0.6 is 0 Å². The Bertz CT molecular complexity index is 277. The van der Waals surface area contributed by atoms with Crippen LogP contribution in [0.15, 0.2) is 35.0 Å². The quantitative estimate of drug-likeness (QED) is 0.740. The van der Waals surface area contributed by atoms with E-state index in [9.17, 15) is 0 Å². The summed E-state index contributed by atoms with van der Waals surface area (Å²) >= 11 is 0. The van der Waals surface area contributed by atoms with Gasteiger partial charge in [0.25, 0.3) is 0 Å². The van der Waals surface area contributed by atoms with Crippen LogP contribution in [0.1, 0.15) is 25.0 Å². The van der Waals surface area contributed by atoms with E-state index >= 15 is 0 Å². The molecule has 1 aliphatic rings. The summed E-state index contributed by atoms with van der Waals surface area (Å²) in [6.45, 7) is 1.96. The molecule has 0 bridgehead atoms. The molecule has 0 spiro atoms. The van der Waals surface area contributed by atoms with Gasteiger partial charge in [-0.25, -0.2) is 0 Å². The third kappa shape index (κ3) is 2.74. The van der Waals surface area contributed by atoms with E-state index in [1.54, 1.807) is 6.26 Å². The van der Waals surface area contributed by atoms with Gasteiger partial charge in [-0.3, -0.25) is 0 Å². The zero-order chi connectivity index (χ0) is 9.64. The highest BCUT2D eigenvalue weighted by atomic mass is 16.3. The van der Waals surface area contributed by atoms with E-state index in [-0.39, 0.29) is 0 Å². The minimum absolute atomic E-state index is 0.815. The summed E-state index contributed by atoms with van der Waals surface area (Å²) in [5.74, 6) is 1.84. The van der Waals surface area contributed by atoms with Crippen molar-refractivity contribution in [1.82, 2.24) is 5.32 Å². The highest BCUT2D eigenvalue weighted by Gasteiger charge is 2.08. The predicted octanol–water partition coefficient (Wildman–Crippen LogP) is 2.73. The lowest BCUT2D eigenvalue weighted by Crippen LogP contribution is -2.22. The van der Waals surface area contributed by atoms with Gasteiger partial charge in [0.15, 0.2) is 0 Å². The maximum atomic E-state index is 5.25. The summed E-state index contributed by atoms with van der Waals surface area (Å²) in [4.78, 5) is 0. The standard InChI is InChI=1S/C12H17NO/c1-2-5-11(6-3-1)9-13-10-12-7-4-8-14-12/h1-2,4,7-8,11,13H,3,5-6,9-10H2/t11-/m1/s1. The van der Waals surface area contributed by atoms with Crippen molar-refractivity contribution >= 4 is 0 Å². The molecule has 0 amide bonds. The molecule has 1 atom stereocenters. The third-order valence-electron chi connectivity index (χ3n) is 2.69. The molecule has 0 aromatic carbocycles. The lowest BCUT2D eigenvalue weighted by molar-refractivity contribution is 0.417. The molecule has 1 aliphatic carbocycles. The summed E-state index contributed by atoms with van der Waals surface area (Å²) in [5, 5.41) is 3.43. The first-order chi connectivity index (χ1) is 6.95. The van der Waals surface area contributed by atoms with Gasteiger partial charge in [0.1, 0.15) is 5.76 Å². The maximum Gasteiger partial charge on any atom is 0.117 e. The van der Waals surface area contributed by atoms with E-state index < -0.39 is 0 Å². The summed E-state index contributed by atoms with van der Waals surface area (Å²) in [6, 6.07) is 3.94. The van der Waals surface area contributed by atoms with E-state index in [4.69, 9.17) is 4.42 Å². The van der Waals surface area contributed by atoms with Gasteiger partial charge in [0.2, 0.25) is 0 Å². The molecular formula is C12H17NO. The fourth-order valence-corrected chi connectivity index (χ4v) is 1.85. The second-order valence-electron chi connectivity index (χ2n) is 3.86. The Morgan fingerprint density at radius 2 is 2.43 bits per heavy atom. The number of hydrogen-bond acceptors (Lipinski definition) is 2. The van der Waals surface area contributed by atoms with E-state index in [1.807, 2.05) is 12.1 Å². The van der Waals surface area contributed by atoms with Crippen molar-refractivity contribution in [2.24, 2.45) is 5.92 Å². The second-order valence-corrected chi connectivity index (χ2v) is 3.86. The number of hydrogen-bond donors (Lipinski definition) is 1. The minimum Gasteiger partial charge on any atom is -0.468 e. The van der Waals surface area contributed by atoms with Crippen molar-refractivity contribution in [3.63, 3.8) is 0 Å². The van der Waals surface area contributed by atoms with Gasteiger partial charge >= 0.3 is 0 Å². The number of furan rings is 1. The molecule has 0 fully saturated rings. The van der Waals surface area contributed by atoms with Gasteiger partial charge in [-0.15, -0.1) is 0 Å². The minimum atomic E-state index is 0.815. The molecule has 1 N–H and O–H groups in total. The van der Waals surface area contributed by atoms with E-state index in [0.29, 0.717) is 0 Å². The first-order valence-electron chi connectivity index (χ1n) is 5.33. The third-order valence-corrected chi connectivity index (χ3v) is 2.69. The van der Waals surface area contributed by atoms with Crippen molar-refractivity contribution in [1.29, 1.82) is 0 Å². The first kappa shape index (κ1) is 9.53. The number of rotatable bonds is 4. The van der Waals surface area contributed by atoms with Crippen LogP contribution in [0.2, 0.25) is 0 Å². The molecule has 14 heavy (non-hydrogen) atoms. The molecule has 0 unspecified atom stereocenters. The Hall–Kier alpha value is -1.02. The summed E-state index contributed by atoms with van der Waals surface area (Å²) in [5.41, 5.74) is 0. The van der Waals surface area contributed by atoms with Crippen LogP contribution in [0.3, 0.4) is 0 Å². The highest BCUT2D eigenvalue weighted by molar-refractivity contribution is 4.97. The number of allylic oxidation sites excluding steroid dienone is 2. The lowest BCUT2D eigenvalue weighted by Gasteiger charge is -2.17. The van der Waals surface area contributed by atoms with Crippen LogP contribution in [0.5, 0.6) is 0 Å². The average Bonchev–Trinajstić information content (AvgIpc) is 2.72. The molecule has 2 heteroatoms. The van der Waals surface area contributed by atoms with Gasteiger partial charge in [-0.2, -0.15) is 0 Å². The first-order valence-corrected chi connectivity index (χ1v) is 5.33. The van der Waals surface area contributed by atoms with Crippen LogP contribution in [0.25, 0.3) is 0 Å².